The predicted octanol–water partition coefficient (Wildman–Crippen LogP) is 7.59. The summed E-state index contributed by atoms with van der Waals surface area (Å²) in [5.74, 6) is -0.612. The third kappa shape index (κ3) is 4.62. The highest BCUT2D eigenvalue weighted by Gasteiger charge is 2.30. The summed E-state index contributed by atoms with van der Waals surface area (Å²) in [4.78, 5) is 1.22. The zero-order valence-corrected chi connectivity index (χ0v) is 17.0. The van der Waals surface area contributed by atoms with E-state index in [0.717, 1.165) is 0 Å². The van der Waals surface area contributed by atoms with Crippen LogP contribution in [0.5, 0.6) is 0 Å². The lowest BCUT2D eigenvalue weighted by atomic mass is 9.94. The first-order valence-electron chi connectivity index (χ1n) is 8.76. The van der Waals surface area contributed by atoms with Gasteiger partial charge in [-0.2, -0.15) is 0 Å². The second-order valence-corrected chi connectivity index (χ2v) is 6.48. The molecule has 3 rings (SSSR count). The summed E-state index contributed by atoms with van der Waals surface area (Å²) in [5, 5.41) is 0.327. The fourth-order valence-corrected chi connectivity index (χ4v) is 3.32. The number of benzene rings is 2. The van der Waals surface area contributed by atoms with E-state index in [1.807, 2.05) is 19.9 Å². The van der Waals surface area contributed by atoms with Gasteiger partial charge < -0.3 is 4.90 Å². The molecule has 0 amide bonds. The molecule has 6 heteroatoms. The minimum Gasteiger partial charge on any atom is -0.334 e. The van der Waals surface area contributed by atoms with Crippen LogP contribution in [0.2, 0.25) is 5.02 Å². The number of hydrogen-bond acceptors (Lipinski definition) is 1. The molecule has 0 saturated heterocycles. The van der Waals surface area contributed by atoms with Gasteiger partial charge >= 0.3 is 0 Å². The van der Waals surface area contributed by atoms with Gasteiger partial charge in [0.25, 0.3) is 6.43 Å². The van der Waals surface area contributed by atoms with Crippen LogP contribution in [0.4, 0.5) is 13.2 Å². The highest BCUT2D eigenvalue weighted by Crippen LogP contribution is 2.43. The van der Waals surface area contributed by atoms with E-state index in [2.05, 4.69) is 6.58 Å². The van der Waals surface area contributed by atoms with Gasteiger partial charge in [-0.3, -0.25) is 0 Å². The summed E-state index contributed by atoms with van der Waals surface area (Å²) in [6.07, 6.45) is -1.08. The van der Waals surface area contributed by atoms with Crippen molar-refractivity contribution in [2.75, 3.05) is 6.54 Å². The Morgan fingerprint density at radius 2 is 1.64 bits per heavy atom. The molecule has 0 aliphatic carbocycles. The summed E-state index contributed by atoms with van der Waals surface area (Å²) in [7, 11) is 0. The zero-order chi connectivity index (χ0) is 20.8. The van der Waals surface area contributed by atoms with Crippen molar-refractivity contribution >= 4 is 34.5 Å². The maximum Gasteiger partial charge on any atom is 0.256 e. The highest BCUT2D eigenvalue weighted by molar-refractivity contribution is 6.34. The van der Waals surface area contributed by atoms with Crippen LogP contribution in [0.15, 0.2) is 71.9 Å². The molecule has 0 atom stereocenters. The van der Waals surface area contributed by atoms with Gasteiger partial charge in [0.1, 0.15) is 5.82 Å². The fraction of sp³-hybridized carbons (Fsp3) is 0.182. The lowest BCUT2D eigenvalue weighted by molar-refractivity contribution is 0.123. The van der Waals surface area contributed by atoms with Gasteiger partial charge in [0.2, 0.25) is 0 Å². The zero-order valence-electron chi connectivity index (χ0n) is 15.5. The third-order valence-corrected chi connectivity index (χ3v) is 4.64. The molecule has 0 N–H and O–H groups in total. The summed E-state index contributed by atoms with van der Waals surface area (Å²) in [6, 6.07) is 13.2. The maximum absolute atomic E-state index is 14.6. The standard InChI is InChI=1S/C20H14Cl2F3N.C2H6/c1-12-16(22)10-14(13-6-3-2-4-7-13)20(26(12)11-18(24)25)19-15(21)8-5-9-17(19)23;1-2/h2-10,18H,1,11H2;1-2H3. The van der Waals surface area contributed by atoms with Crippen molar-refractivity contribution in [3.8, 4) is 0 Å². The van der Waals surface area contributed by atoms with E-state index in [-0.39, 0.29) is 27.0 Å². The van der Waals surface area contributed by atoms with E-state index < -0.39 is 18.8 Å². The molecule has 0 saturated carbocycles. The molecular weight excluding hydrogens is 406 g/mol. The Kier molecular flexibility index (Phi) is 7.78. The quantitative estimate of drug-likeness (QED) is 0.487. The average Bonchev–Trinajstić information content (AvgIpc) is 2.68. The Balaban J connectivity index is 0.00000136. The number of alkyl halides is 2. The Hall–Kier alpha value is -2.17. The van der Waals surface area contributed by atoms with Gasteiger partial charge in [-0.05, 0) is 23.8 Å². The molecule has 1 aliphatic rings. The molecule has 0 aromatic heterocycles. The van der Waals surface area contributed by atoms with Crippen molar-refractivity contribution in [3.05, 3.63) is 93.9 Å². The van der Waals surface area contributed by atoms with Crippen LogP contribution in [-0.4, -0.2) is 17.9 Å². The SMILES string of the molecule is C=C1C(Cl)=CC(c2ccccc2)=C(c2c(F)cccc2Cl)N1CC(F)F.CC. The summed E-state index contributed by atoms with van der Waals surface area (Å²) >= 11 is 12.5. The van der Waals surface area contributed by atoms with Crippen LogP contribution >= 0.6 is 23.2 Å². The van der Waals surface area contributed by atoms with Crippen molar-refractivity contribution in [2.24, 2.45) is 0 Å². The molecule has 148 valence electrons. The first-order chi connectivity index (χ1) is 13.4. The number of rotatable bonds is 4. The Labute approximate surface area is 173 Å². The predicted molar refractivity (Wildman–Crippen MR) is 112 cm³/mol. The fourth-order valence-electron chi connectivity index (χ4n) is 2.86. The van der Waals surface area contributed by atoms with Gasteiger partial charge in [0.05, 0.1) is 33.6 Å². The number of nitrogens with zero attached hydrogens (tertiary/aromatic N) is 1. The van der Waals surface area contributed by atoms with Crippen molar-refractivity contribution in [2.45, 2.75) is 20.3 Å². The number of allylic oxidation sites excluding steroid dienone is 3. The molecule has 1 heterocycles. The van der Waals surface area contributed by atoms with E-state index in [9.17, 15) is 13.2 Å². The minimum absolute atomic E-state index is 0.0373. The van der Waals surface area contributed by atoms with Crippen LogP contribution < -0.4 is 0 Å². The second-order valence-electron chi connectivity index (χ2n) is 5.67. The van der Waals surface area contributed by atoms with Crippen LogP contribution in [0.3, 0.4) is 0 Å². The van der Waals surface area contributed by atoms with Gasteiger partial charge in [-0.1, -0.05) is 80.0 Å². The molecule has 0 unspecified atom stereocenters. The van der Waals surface area contributed by atoms with Crippen LogP contribution in [0, 0.1) is 5.82 Å². The van der Waals surface area contributed by atoms with E-state index >= 15 is 0 Å². The maximum atomic E-state index is 14.6. The monoisotopic (exact) mass is 425 g/mol. The molecule has 1 aliphatic heterocycles. The smallest absolute Gasteiger partial charge is 0.256 e. The molecule has 2 aromatic carbocycles. The van der Waals surface area contributed by atoms with E-state index in [1.165, 1.54) is 23.1 Å². The second kappa shape index (κ2) is 9.85. The highest BCUT2D eigenvalue weighted by atomic mass is 35.5. The summed E-state index contributed by atoms with van der Waals surface area (Å²) in [5.41, 5.74) is 1.62. The summed E-state index contributed by atoms with van der Waals surface area (Å²) < 4.78 is 41.1. The van der Waals surface area contributed by atoms with Crippen molar-refractivity contribution in [3.63, 3.8) is 0 Å². The number of halogens is 5. The average molecular weight is 426 g/mol. The molecular formula is C22H20Cl2F3N. The number of hydrogen-bond donors (Lipinski definition) is 0. The Bertz CT molecular complexity index is 885. The first kappa shape index (κ1) is 22.1. The first-order valence-corrected chi connectivity index (χ1v) is 9.52. The molecule has 2 aromatic rings. The van der Waals surface area contributed by atoms with E-state index in [1.54, 1.807) is 30.3 Å². The Morgan fingerprint density at radius 3 is 2.21 bits per heavy atom. The summed E-state index contributed by atoms with van der Waals surface area (Å²) in [6.45, 7) is 7.10. The lowest BCUT2D eigenvalue weighted by Gasteiger charge is -2.34. The van der Waals surface area contributed by atoms with Gasteiger partial charge in [0, 0.05) is 5.57 Å². The van der Waals surface area contributed by atoms with Gasteiger partial charge in [-0.15, -0.1) is 0 Å². The van der Waals surface area contributed by atoms with Gasteiger partial charge in [0.15, 0.2) is 0 Å². The Morgan fingerprint density at radius 1 is 1.00 bits per heavy atom. The van der Waals surface area contributed by atoms with Crippen LogP contribution in [0.25, 0.3) is 11.3 Å². The van der Waals surface area contributed by atoms with Crippen molar-refractivity contribution < 1.29 is 13.2 Å². The van der Waals surface area contributed by atoms with E-state index in [4.69, 9.17) is 23.2 Å². The molecule has 1 nitrogen and oxygen atoms in total. The largest absolute Gasteiger partial charge is 0.334 e. The van der Waals surface area contributed by atoms with Crippen molar-refractivity contribution in [1.82, 2.24) is 4.90 Å². The molecule has 0 fully saturated rings. The molecule has 28 heavy (non-hydrogen) atoms. The minimum atomic E-state index is -2.67. The van der Waals surface area contributed by atoms with Crippen LogP contribution in [-0.2, 0) is 0 Å². The molecule has 0 radical (unpaired) electrons. The molecule has 0 spiro atoms. The van der Waals surface area contributed by atoms with E-state index in [0.29, 0.717) is 11.1 Å². The topological polar surface area (TPSA) is 3.24 Å². The van der Waals surface area contributed by atoms with Crippen LogP contribution in [0.1, 0.15) is 25.0 Å². The molecule has 0 bridgehead atoms. The third-order valence-electron chi connectivity index (χ3n) is 4.00. The van der Waals surface area contributed by atoms with Gasteiger partial charge in [-0.25, -0.2) is 13.2 Å². The lowest BCUT2D eigenvalue weighted by Crippen LogP contribution is -2.30. The normalized spacial score (nSPS) is 14.1. The van der Waals surface area contributed by atoms with Crippen molar-refractivity contribution in [1.29, 1.82) is 0 Å².